The average Bonchev–Trinajstić information content (AvgIpc) is 3.21. The van der Waals surface area contributed by atoms with Crippen LogP contribution in [-0.4, -0.2) is 17.4 Å². The summed E-state index contributed by atoms with van der Waals surface area (Å²) in [5.41, 5.74) is 5.90. The molecular weight excluding hydrogens is 360 g/mol. The van der Waals surface area contributed by atoms with Crippen LogP contribution in [0.15, 0.2) is 77.2 Å². The topological polar surface area (TPSA) is 55.1 Å². The van der Waals surface area contributed by atoms with Crippen molar-refractivity contribution in [2.75, 3.05) is 6.54 Å². The summed E-state index contributed by atoms with van der Waals surface area (Å²) in [5, 5.41) is 3.01. The van der Waals surface area contributed by atoms with E-state index in [2.05, 4.69) is 28.5 Å². The summed E-state index contributed by atoms with van der Waals surface area (Å²) in [4.78, 5) is 16.8. The first-order valence-corrected chi connectivity index (χ1v) is 10.1. The Morgan fingerprint density at radius 3 is 2.41 bits per heavy atom. The number of hydrogen-bond donors (Lipinski definition) is 1. The Hall–Kier alpha value is -3.40. The fourth-order valence-corrected chi connectivity index (χ4v) is 3.54. The van der Waals surface area contributed by atoms with Gasteiger partial charge in [0.1, 0.15) is 5.52 Å². The number of aryl methyl sites for hydroxylation is 2. The first kappa shape index (κ1) is 18.9. The lowest BCUT2D eigenvalue weighted by Gasteiger charge is -2.11. The van der Waals surface area contributed by atoms with Gasteiger partial charge < -0.3 is 9.73 Å². The van der Waals surface area contributed by atoms with Gasteiger partial charge in [0.05, 0.1) is 0 Å². The molecule has 1 N–H and O–H groups in total. The van der Waals surface area contributed by atoms with Gasteiger partial charge in [-0.15, -0.1) is 0 Å². The molecule has 0 bridgehead atoms. The molecule has 4 rings (SSSR count). The zero-order valence-corrected chi connectivity index (χ0v) is 16.5. The minimum Gasteiger partial charge on any atom is -0.440 e. The van der Waals surface area contributed by atoms with Crippen molar-refractivity contribution < 1.29 is 9.21 Å². The molecule has 0 atom stereocenters. The van der Waals surface area contributed by atoms with Crippen LogP contribution >= 0.6 is 0 Å². The van der Waals surface area contributed by atoms with E-state index >= 15 is 0 Å². The lowest BCUT2D eigenvalue weighted by Crippen LogP contribution is -2.24. The van der Waals surface area contributed by atoms with Gasteiger partial charge in [0.25, 0.3) is 5.91 Å². The van der Waals surface area contributed by atoms with Crippen molar-refractivity contribution in [2.24, 2.45) is 0 Å². The number of fused-ring (bicyclic) bond motifs is 1. The van der Waals surface area contributed by atoms with Gasteiger partial charge in [0, 0.05) is 24.1 Å². The summed E-state index contributed by atoms with van der Waals surface area (Å²) in [6.07, 6.45) is 2.39. The van der Waals surface area contributed by atoms with Crippen LogP contribution < -0.4 is 5.32 Å². The molecule has 146 valence electrons. The minimum absolute atomic E-state index is 0.0416. The summed E-state index contributed by atoms with van der Waals surface area (Å²) in [5.74, 6) is 0.712. The third kappa shape index (κ3) is 4.21. The van der Waals surface area contributed by atoms with Crippen molar-refractivity contribution in [2.45, 2.75) is 26.2 Å². The molecule has 0 radical (unpaired) electrons. The van der Waals surface area contributed by atoms with E-state index < -0.39 is 0 Å². The van der Waals surface area contributed by atoms with E-state index in [-0.39, 0.29) is 5.91 Å². The molecule has 0 aliphatic carbocycles. The highest BCUT2D eigenvalue weighted by Crippen LogP contribution is 2.32. The van der Waals surface area contributed by atoms with E-state index in [1.165, 1.54) is 0 Å². The molecule has 3 aromatic carbocycles. The van der Waals surface area contributed by atoms with Gasteiger partial charge in [-0.1, -0.05) is 61.5 Å². The lowest BCUT2D eigenvalue weighted by molar-refractivity contribution is 0.0953. The molecule has 1 heterocycles. The Kier molecular flexibility index (Phi) is 5.71. The van der Waals surface area contributed by atoms with Gasteiger partial charge in [0.15, 0.2) is 11.5 Å². The monoisotopic (exact) mass is 384 g/mol. The van der Waals surface area contributed by atoms with Gasteiger partial charge in [-0.25, -0.2) is 4.98 Å². The number of hydrogen-bond acceptors (Lipinski definition) is 3. The molecule has 4 aromatic rings. The fourth-order valence-electron chi connectivity index (χ4n) is 3.54. The molecule has 29 heavy (non-hydrogen) atoms. The van der Waals surface area contributed by atoms with Gasteiger partial charge in [-0.3, -0.25) is 4.79 Å². The number of oxazole rings is 1. The van der Waals surface area contributed by atoms with Crippen LogP contribution in [0.2, 0.25) is 0 Å². The standard InChI is InChI=1S/C25H24N2O2/c1-2-23-27-22-16-15-20(18-10-5-3-6-11-18)21(24(22)29-23)14-9-17-26-25(28)19-12-7-4-8-13-19/h3-8,10-13,15-16H,2,9,14,17H2,1H3,(H,26,28). The molecule has 0 saturated carbocycles. The number of amides is 1. The molecule has 0 aliphatic rings. The lowest BCUT2D eigenvalue weighted by atomic mass is 9.95. The van der Waals surface area contributed by atoms with E-state index in [1.807, 2.05) is 61.5 Å². The highest BCUT2D eigenvalue weighted by Gasteiger charge is 2.15. The predicted molar refractivity (Wildman–Crippen MR) is 116 cm³/mol. The largest absolute Gasteiger partial charge is 0.440 e. The maximum absolute atomic E-state index is 12.3. The summed E-state index contributed by atoms with van der Waals surface area (Å²) in [6.45, 7) is 2.65. The van der Waals surface area contributed by atoms with E-state index in [1.54, 1.807) is 0 Å². The first-order chi connectivity index (χ1) is 14.3. The van der Waals surface area contributed by atoms with Crippen LogP contribution in [0.4, 0.5) is 0 Å². The molecule has 0 spiro atoms. The Labute approximate surface area is 170 Å². The van der Waals surface area contributed by atoms with Gasteiger partial charge >= 0.3 is 0 Å². The summed E-state index contributed by atoms with van der Waals surface area (Å²) in [6, 6.07) is 23.8. The van der Waals surface area contributed by atoms with Crippen molar-refractivity contribution >= 4 is 17.0 Å². The number of carbonyl (C=O) groups is 1. The fraction of sp³-hybridized carbons (Fsp3) is 0.200. The number of carbonyl (C=O) groups excluding carboxylic acids is 1. The Balaban J connectivity index is 1.55. The molecule has 0 saturated heterocycles. The third-order valence-electron chi connectivity index (χ3n) is 5.02. The van der Waals surface area contributed by atoms with Crippen LogP contribution in [0.1, 0.15) is 35.2 Å². The van der Waals surface area contributed by atoms with Gasteiger partial charge in [-0.2, -0.15) is 0 Å². The number of benzene rings is 3. The second-order valence-corrected chi connectivity index (χ2v) is 6.99. The van der Waals surface area contributed by atoms with E-state index in [9.17, 15) is 4.79 Å². The Morgan fingerprint density at radius 2 is 1.69 bits per heavy atom. The SMILES string of the molecule is CCc1nc2ccc(-c3ccccc3)c(CCCNC(=O)c3ccccc3)c2o1. The second-order valence-electron chi connectivity index (χ2n) is 6.99. The van der Waals surface area contributed by atoms with Crippen LogP contribution in [0.5, 0.6) is 0 Å². The van der Waals surface area contributed by atoms with Gasteiger partial charge in [0.2, 0.25) is 0 Å². The molecule has 4 nitrogen and oxygen atoms in total. The maximum Gasteiger partial charge on any atom is 0.251 e. The van der Waals surface area contributed by atoms with Crippen molar-refractivity contribution in [3.63, 3.8) is 0 Å². The number of rotatable bonds is 7. The predicted octanol–water partition coefficient (Wildman–Crippen LogP) is 5.42. The first-order valence-electron chi connectivity index (χ1n) is 10.1. The van der Waals surface area contributed by atoms with Crippen LogP contribution in [0.3, 0.4) is 0 Å². The summed E-state index contributed by atoms with van der Waals surface area (Å²) >= 11 is 0. The average molecular weight is 384 g/mol. The highest BCUT2D eigenvalue weighted by molar-refractivity contribution is 5.94. The van der Waals surface area contributed by atoms with Crippen LogP contribution in [0.25, 0.3) is 22.2 Å². The number of nitrogens with one attached hydrogen (secondary N) is 1. The molecule has 1 aromatic heterocycles. The normalized spacial score (nSPS) is 10.9. The van der Waals surface area contributed by atoms with Gasteiger partial charge in [-0.05, 0) is 42.2 Å². The zero-order valence-electron chi connectivity index (χ0n) is 16.5. The zero-order chi connectivity index (χ0) is 20.1. The van der Waals surface area contributed by atoms with Crippen molar-refractivity contribution in [1.29, 1.82) is 0 Å². The van der Waals surface area contributed by atoms with Crippen molar-refractivity contribution in [3.8, 4) is 11.1 Å². The van der Waals surface area contributed by atoms with Crippen LogP contribution in [0, 0.1) is 0 Å². The molecule has 0 aliphatic heterocycles. The molecule has 0 unspecified atom stereocenters. The van der Waals surface area contributed by atoms with Crippen LogP contribution in [-0.2, 0) is 12.8 Å². The van der Waals surface area contributed by atoms with Crippen molar-refractivity contribution in [1.82, 2.24) is 10.3 Å². The smallest absolute Gasteiger partial charge is 0.251 e. The maximum atomic E-state index is 12.3. The van der Waals surface area contributed by atoms with E-state index in [0.717, 1.165) is 52.9 Å². The molecule has 0 fully saturated rings. The third-order valence-corrected chi connectivity index (χ3v) is 5.02. The van der Waals surface area contributed by atoms with E-state index in [4.69, 9.17) is 4.42 Å². The highest BCUT2D eigenvalue weighted by atomic mass is 16.3. The second kappa shape index (κ2) is 8.74. The Bertz CT molecular complexity index is 1100. The quantitative estimate of drug-likeness (QED) is 0.433. The molecule has 1 amide bonds. The molecule has 4 heteroatoms. The number of aromatic nitrogens is 1. The van der Waals surface area contributed by atoms with E-state index in [0.29, 0.717) is 12.1 Å². The Morgan fingerprint density at radius 1 is 0.966 bits per heavy atom. The minimum atomic E-state index is -0.0416. The summed E-state index contributed by atoms with van der Waals surface area (Å²) < 4.78 is 6.06. The molecular formula is C25H24N2O2. The summed E-state index contributed by atoms with van der Waals surface area (Å²) in [7, 11) is 0. The van der Waals surface area contributed by atoms with Crippen molar-refractivity contribution in [3.05, 3.63) is 89.8 Å². The number of nitrogens with zero attached hydrogens (tertiary/aromatic N) is 1.